The zero-order valence-electron chi connectivity index (χ0n) is 8.14. The van der Waals surface area contributed by atoms with E-state index in [2.05, 4.69) is 11.9 Å². The van der Waals surface area contributed by atoms with Crippen molar-refractivity contribution in [1.82, 2.24) is 4.98 Å². The second-order valence-corrected chi connectivity index (χ2v) is 4.71. The highest BCUT2D eigenvalue weighted by Gasteiger charge is 2.25. The zero-order chi connectivity index (χ0) is 9.97. The summed E-state index contributed by atoms with van der Waals surface area (Å²) in [7, 11) is 0. The van der Waals surface area contributed by atoms with Gasteiger partial charge in [-0.2, -0.15) is 0 Å². The standard InChI is InChI=1S/C10H14N2OS/c1-7-9(4-5-13-7)14-10-3-2-8(11)6-12-10/h2-3,6-7,9H,4-5,11H2,1H3. The number of hydrogen-bond donors (Lipinski definition) is 1. The van der Waals surface area contributed by atoms with Gasteiger partial charge in [0, 0.05) is 11.9 Å². The van der Waals surface area contributed by atoms with Crippen molar-refractivity contribution in [2.75, 3.05) is 12.3 Å². The molecular weight excluding hydrogens is 196 g/mol. The molecule has 1 saturated heterocycles. The molecule has 0 radical (unpaired) electrons. The Morgan fingerprint density at radius 2 is 2.43 bits per heavy atom. The molecule has 0 spiro atoms. The van der Waals surface area contributed by atoms with Crippen molar-refractivity contribution < 1.29 is 4.74 Å². The van der Waals surface area contributed by atoms with Gasteiger partial charge in [0.15, 0.2) is 0 Å². The Balaban J connectivity index is 2.00. The van der Waals surface area contributed by atoms with Gasteiger partial charge in [-0.05, 0) is 25.5 Å². The number of ether oxygens (including phenoxy) is 1. The lowest BCUT2D eigenvalue weighted by Gasteiger charge is -2.12. The van der Waals surface area contributed by atoms with Gasteiger partial charge >= 0.3 is 0 Å². The largest absolute Gasteiger partial charge is 0.397 e. The number of thioether (sulfide) groups is 1. The van der Waals surface area contributed by atoms with Gasteiger partial charge in [0.05, 0.1) is 23.0 Å². The molecule has 1 aromatic heterocycles. The van der Waals surface area contributed by atoms with E-state index in [1.165, 1.54) is 0 Å². The fourth-order valence-electron chi connectivity index (χ4n) is 1.48. The topological polar surface area (TPSA) is 48.1 Å². The lowest BCUT2D eigenvalue weighted by molar-refractivity contribution is 0.127. The minimum atomic E-state index is 0.333. The number of nitrogens with zero attached hydrogens (tertiary/aromatic N) is 1. The van der Waals surface area contributed by atoms with Gasteiger partial charge < -0.3 is 10.5 Å². The number of nitrogen functional groups attached to an aromatic ring is 1. The molecule has 0 aromatic carbocycles. The zero-order valence-corrected chi connectivity index (χ0v) is 8.96. The Labute approximate surface area is 88.0 Å². The van der Waals surface area contributed by atoms with Crippen molar-refractivity contribution in [3.63, 3.8) is 0 Å². The Kier molecular flexibility index (Phi) is 2.93. The number of aromatic nitrogens is 1. The van der Waals surface area contributed by atoms with Crippen LogP contribution < -0.4 is 5.73 Å². The van der Waals surface area contributed by atoms with E-state index < -0.39 is 0 Å². The summed E-state index contributed by atoms with van der Waals surface area (Å²) in [4.78, 5) is 4.26. The van der Waals surface area contributed by atoms with Gasteiger partial charge in [-0.1, -0.05) is 0 Å². The van der Waals surface area contributed by atoms with Crippen molar-refractivity contribution in [3.05, 3.63) is 18.3 Å². The number of rotatable bonds is 2. The lowest BCUT2D eigenvalue weighted by Crippen LogP contribution is -2.13. The predicted molar refractivity (Wildman–Crippen MR) is 58.3 cm³/mol. The summed E-state index contributed by atoms with van der Waals surface area (Å²) in [5.74, 6) is 0. The third-order valence-corrected chi connectivity index (χ3v) is 3.74. The quantitative estimate of drug-likeness (QED) is 0.810. The third kappa shape index (κ3) is 2.19. The molecule has 0 bridgehead atoms. The first kappa shape index (κ1) is 9.80. The molecule has 76 valence electrons. The molecule has 14 heavy (non-hydrogen) atoms. The number of pyridine rings is 1. The molecule has 0 aliphatic carbocycles. The molecule has 1 aromatic rings. The van der Waals surface area contributed by atoms with Gasteiger partial charge in [0.2, 0.25) is 0 Å². The molecule has 2 atom stereocenters. The lowest BCUT2D eigenvalue weighted by atomic mass is 10.3. The Hall–Kier alpha value is -0.740. The summed E-state index contributed by atoms with van der Waals surface area (Å²) in [6.07, 6.45) is 3.14. The van der Waals surface area contributed by atoms with Gasteiger partial charge in [-0.3, -0.25) is 0 Å². The van der Waals surface area contributed by atoms with E-state index in [9.17, 15) is 0 Å². The Bertz CT molecular complexity index is 301. The predicted octanol–water partition coefficient (Wildman–Crippen LogP) is 1.93. The van der Waals surface area contributed by atoms with Crippen LogP contribution in [0.25, 0.3) is 0 Å². The second kappa shape index (κ2) is 4.19. The van der Waals surface area contributed by atoms with Crippen molar-refractivity contribution in [3.8, 4) is 0 Å². The smallest absolute Gasteiger partial charge is 0.0965 e. The molecule has 4 heteroatoms. The summed E-state index contributed by atoms with van der Waals surface area (Å²) in [6, 6.07) is 3.85. The van der Waals surface area contributed by atoms with Gasteiger partial charge in [0.25, 0.3) is 0 Å². The van der Waals surface area contributed by atoms with Gasteiger partial charge in [-0.15, -0.1) is 11.8 Å². The molecule has 2 rings (SSSR count). The van der Waals surface area contributed by atoms with Crippen molar-refractivity contribution >= 4 is 17.4 Å². The van der Waals surface area contributed by atoms with E-state index in [-0.39, 0.29) is 0 Å². The van der Waals surface area contributed by atoms with Crippen LogP contribution in [0.5, 0.6) is 0 Å². The molecular formula is C10H14N2OS. The van der Waals surface area contributed by atoms with E-state index >= 15 is 0 Å². The van der Waals surface area contributed by atoms with Crippen LogP contribution in [0.3, 0.4) is 0 Å². The van der Waals surface area contributed by atoms with E-state index in [0.717, 1.165) is 18.1 Å². The average molecular weight is 210 g/mol. The summed E-state index contributed by atoms with van der Waals surface area (Å²) in [5, 5.41) is 1.56. The minimum absolute atomic E-state index is 0.333. The maximum absolute atomic E-state index is 5.57. The monoisotopic (exact) mass is 210 g/mol. The van der Waals surface area contributed by atoms with Crippen molar-refractivity contribution in [2.45, 2.75) is 29.7 Å². The second-order valence-electron chi connectivity index (χ2n) is 3.45. The third-order valence-electron chi connectivity index (χ3n) is 2.34. The van der Waals surface area contributed by atoms with Crippen LogP contribution >= 0.6 is 11.8 Å². The van der Waals surface area contributed by atoms with Crippen LogP contribution in [-0.4, -0.2) is 22.9 Å². The van der Waals surface area contributed by atoms with Crippen LogP contribution in [-0.2, 0) is 4.74 Å². The minimum Gasteiger partial charge on any atom is -0.397 e. The van der Waals surface area contributed by atoms with E-state index in [1.807, 2.05) is 12.1 Å². The van der Waals surface area contributed by atoms with E-state index in [0.29, 0.717) is 17.0 Å². The van der Waals surface area contributed by atoms with E-state index in [1.54, 1.807) is 18.0 Å². The molecule has 2 heterocycles. The maximum Gasteiger partial charge on any atom is 0.0965 e. The SMILES string of the molecule is CC1OCCC1Sc1ccc(N)cn1. The Morgan fingerprint density at radius 1 is 1.57 bits per heavy atom. The molecule has 2 unspecified atom stereocenters. The van der Waals surface area contributed by atoms with Crippen LogP contribution in [0, 0.1) is 0 Å². The van der Waals surface area contributed by atoms with Crippen LogP contribution in [0.1, 0.15) is 13.3 Å². The van der Waals surface area contributed by atoms with Crippen molar-refractivity contribution in [1.29, 1.82) is 0 Å². The molecule has 1 aliphatic heterocycles. The number of anilines is 1. The maximum atomic E-state index is 5.57. The first-order valence-electron chi connectivity index (χ1n) is 4.75. The number of nitrogens with two attached hydrogens (primary N) is 1. The molecule has 1 fully saturated rings. The highest BCUT2D eigenvalue weighted by molar-refractivity contribution is 7.99. The number of hydrogen-bond acceptors (Lipinski definition) is 4. The van der Waals surface area contributed by atoms with Gasteiger partial charge in [0.1, 0.15) is 0 Å². The molecule has 2 N–H and O–H groups in total. The first-order chi connectivity index (χ1) is 6.75. The molecule has 1 aliphatic rings. The van der Waals surface area contributed by atoms with Crippen LogP contribution in [0.4, 0.5) is 5.69 Å². The highest BCUT2D eigenvalue weighted by atomic mass is 32.2. The van der Waals surface area contributed by atoms with E-state index in [4.69, 9.17) is 10.5 Å². The summed E-state index contributed by atoms with van der Waals surface area (Å²) in [6.45, 7) is 2.98. The fraction of sp³-hybridized carbons (Fsp3) is 0.500. The Morgan fingerprint density at radius 3 is 3.00 bits per heavy atom. The molecule has 0 saturated carbocycles. The highest BCUT2D eigenvalue weighted by Crippen LogP contribution is 2.31. The van der Waals surface area contributed by atoms with Gasteiger partial charge in [-0.25, -0.2) is 4.98 Å². The fourth-order valence-corrected chi connectivity index (χ4v) is 2.54. The van der Waals surface area contributed by atoms with Crippen LogP contribution in [0.2, 0.25) is 0 Å². The first-order valence-corrected chi connectivity index (χ1v) is 5.63. The van der Waals surface area contributed by atoms with Crippen molar-refractivity contribution in [2.24, 2.45) is 0 Å². The van der Waals surface area contributed by atoms with Crippen LogP contribution in [0.15, 0.2) is 23.4 Å². The average Bonchev–Trinajstić information content (AvgIpc) is 2.56. The summed E-state index contributed by atoms with van der Waals surface area (Å²) in [5.41, 5.74) is 6.28. The normalized spacial score (nSPS) is 26.6. The summed E-state index contributed by atoms with van der Waals surface area (Å²) >= 11 is 1.78. The summed E-state index contributed by atoms with van der Waals surface area (Å²) < 4.78 is 5.49. The molecule has 3 nitrogen and oxygen atoms in total. The molecule has 0 amide bonds.